The summed E-state index contributed by atoms with van der Waals surface area (Å²) in [6, 6.07) is 41.3. The molecule has 0 amide bonds. The number of hydrogen-bond donors (Lipinski definition) is 0. The van der Waals surface area contributed by atoms with Gasteiger partial charge in [0.05, 0.1) is 17.1 Å². The molecule has 192 valence electrons. The Hall–Kier alpha value is -5.09. The van der Waals surface area contributed by atoms with Crippen LogP contribution in [0.2, 0.25) is 0 Å². The van der Waals surface area contributed by atoms with E-state index in [1.54, 1.807) is 6.20 Å². The zero-order chi connectivity index (χ0) is 27.1. The number of hydrogen-bond acceptors (Lipinski definition) is 4. The summed E-state index contributed by atoms with van der Waals surface area (Å²) in [5, 5.41) is 0. The fraction of sp³-hybridized carbons (Fsp3) is 0.0833. The Morgan fingerprint density at radius 3 is 1.98 bits per heavy atom. The molecule has 0 saturated heterocycles. The minimum Gasteiger partial charge on any atom is -0.457 e. The van der Waals surface area contributed by atoms with Gasteiger partial charge in [-0.15, -0.1) is 0 Å². The van der Waals surface area contributed by atoms with E-state index in [1.807, 2.05) is 66.7 Å². The third-order valence-electron chi connectivity index (χ3n) is 7.63. The number of aromatic nitrogens is 3. The number of nitrogens with zero attached hydrogens (tertiary/aromatic N) is 3. The number of ether oxygens (including phenoxy) is 1. The lowest BCUT2D eigenvalue weighted by molar-refractivity contribution is 0.418. The van der Waals surface area contributed by atoms with Crippen molar-refractivity contribution in [1.29, 1.82) is 0 Å². The van der Waals surface area contributed by atoms with Gasteiger partial charge >= 0.3 is 0 Å². The number of benzene rings is 4. The molecule has 3 heterocycles. The van der Waals surface area contributed by atoms with Crippen LogP contribution in [0.5, 0.6) is 11.5 Å². The van der Waals surface area contributed by atoms with Gasteiger partial charge in [-0.25, -0.2) is 9.97 Å². The molecule has 4 aromatic carbocycles. The molecule has 0 unspecified atom stereocenters. The second-order valence-electron chi connectivity index (χ2n) is 10.6. The topological polar surface area (TPSA) is 47.9 Å². The van der Waals surface area contributed by atoms with Gasteiger partial charge in [0.25, 0.3) is 0 Å². The highest BCUT2D eigenvalue weighted by molar-refractivity contribution is 5.74. The van der Waals surface area contributed by atoms with E-state index in [2.05, 4.69) is 73.4 Å². The van der Waals surface area contributed by atoms with Gasteiger partial charge in [0.15, 0.2) is 5.82 Å². The van der Waals surface area contributed by atoms with E-state index < -0.39 is 0 Å². The predicted octanol–water partition coefficient (Wildman–Crippen LogP) is 8.97. The Kier molecular flexibility index (Phi) is 5.75. The molecule has 4 nitrogen and oxygen atoms in total. The molecule has 0 saturated carbocycles. The fourth-order valence-electron chi connectivity index (χ4n) is 5.43. The lowest BCUT2D eigenvalue weighted by Crippen LogP contribution is -2.24. The summed E-state index contributed by atoms with van der Waals surface area (Å²) < 4.78 is 6.36. The molecule has 0 radical (unpaired) electrons. The molecule has 40 heavy (non-hydrogen) atoms. The maximum Gasteiger partial charge on any atom is 0.160 e. The van der Waals surface area contributed by atoms with E-state index in [4.69, 9.17) is 14.7 Å². The molecule has 0 aliphatic carbocycles. The molecule has 4 heteroatoms. The maximum atomic E-state index is 6.36. The smallest absolute Gasteiger partial charge is 0.160 e. The molecule has 0 atom stereocenters. The van der Waals surface area contributed by atoms with Crippen LogP contribution < -0.4 is 4.74 Å². The highest BCUT2D eigenvalue weighted by Crippen LogP contribution is 2.48. The van der Waals surface area contributed by atoms with Crippen LogP contribution >= 0.6 is 0 Å². The van der Waals surface area contributed by atoms with Gasteiger partial charge in [0, 0.05) is 33.9 Å². The minimum absolute atomic E-state index is 0.124. The molecule has 7 rings (SSSR count). The standard InChI is InChI=1S/C36H27N3O/c1-36(2)28-12-6-7-14-33(28)40-34-22-27(19-20-29(34)36)24-15-17-25(18-16-24)31-23-32(30-13-8-9-21-37-30)39-35(38-31)26-10-4-3-5-11-26/h3-23H,1-2H3. The average molecular weight is 518 g/mol. The largest absolute Gasteiger partial charge is 0.457 e. The summed E-state index contributed by atoms with van der Waals surface area (Å²) in [7, 11) is 0. The van der Waals surface area contributed by atoms with Gasteiger partial charge in [0.2, 0.25) is 0 Å². The average Bonchev–Trinajstić information content (AvgIpc) is 3.01. The Balaban J connectivity index is 1.25. The monoisotopic (exact) mass is 517 g/mol. The van der Waals surface area contributed by atoms with Gasteiger partial charge in [0.1, 0.15) is 11.5 Å². The van der Waals surface area contributed by atoms with Crippen molar-refractivity contribution < 1.29 is 4.74 Å². The molecule has 0 fully saturated rings. The summed E-state index contributed by atoms with van der Waals surface area (Å²) in [6.45, 7) is 4.51. The third kappa shape index (κ3) is 4.24. The minimum atomic E-state index is -0.124. The van der Waals surface area contributed by atoms with Crippen molar-refractivity contribution in [2.75, 3.05) is 0 Å². The zero-order valence-electron chi connectivity index (χ0n) is 22.4. The summed E-state index contributed by atoms with van der Waals surface area (Å²) in [5.74, 6) is 2.51. The molecule has 0 spiro atoms. The number of fused-ring (bicyclic) bond motifs is 2. The zero-order valence-corrected chi connectivity index (χ0v) is 22.4. The van der Waals surface area contributed by atoms with Crippen molar-refractivity contribution in [2.24, 2.45) is 0 Å². The van der Waals surface area contributed by atoms with Crippen LogP contribution in [0.1, 0.15) is 25.0 Å². The van der Waals surface area contributed by atoms with Crippen molar-refractivity contribution in [3.05, 3.63) is 139 Å². The second kappa shape index (κ2) is 9.58. The van der Waals surface area contributed by atoms with Crippen LogP contribution in [0.3, 0.4) is 0 Å². The molecule has 0 N–H and O–H groups in total. The van der Waals surface area contributed by atoms with E-state index in [0.717, 1.165) is 50.8 Å². The van der Waals surface area contributed by atoms with Gasteiger partial charge in [-0.1, -0.05) is 105 Å². The summed E-state index contributed by atoms with van der Waals surface area (Å²) in [4.78, 5) is 14.3. The number of para-hydroxylation sites is 1. The highest BCUT2D eigenvalue weighted by atomic mass is 16.5. The van der Waals surface area contributed by atoms with Crippen LogP contribution in [0.15, 0.2) is 128 Å². The van der Waals surface area contributed by atoms with E-state index in [-0.39, 0.29) is 5.41 Å². The Bertz CT molecular complexity index is 1770. The molecule has 1 aliphatic heterocycles. The van der Waals surface area contributed by atoms with E-state index >= 15 is 0 Å². The summed E-state index contributed by atoms with van der Waals surface area (Å²) in [5.41, 5.74) is 8.97. The summed E-state index contributed by atoms with van der Waals surface area (Å²) >= 11 is 0. The number of pyridine rings is 1. The lowest BCUT2D eigenvalue weighted by Gasteiger charge is -2.34. The van der Waals surface area contributed by atoms with Gasteiger partial charge in [-0.3, -0.25) is 4.98 Å². The quantitative estimate of drug-likeness (QED) is 0.234. The van der Waals surface area contributed by atoms with Gasteiger partial charge in [-0.05, 0) is 41.5 Å². The second-order valence-corrected chi connectivity index (χ2v) is 10.6. The van der Waals surface area contributed by atoms with Gasteiger partial charge in [-0.2, -0.15) is 0 Å². The first kappa shape index (κ1) is 24.0. The highest BCUT2D eigenvalue weighted by Gasteiger charge is 2.34. The molecule has 1 aliphatic rings. The van der Waals surface area contributed by atoms with Crippen molar-refractivity contribution in [1.82, 2.24) is 15.0 Å². The first-order valence-corrected chi connectivity index (χ1v) is 13.4. The third-order valence-corrected chi connectivity index (χ3v) is 7.63. The molecule has 2 aromatic heterocycles. The summed E-state index contributed by atoms with van der Waals surface area (Å²) in [6.07, 6.45) is 1.79. The van der Waals surface area contributed by atoms with Crippen LogP contribution in [0.25, 0.3) is 45.2 Å². The van der Waals surface area contributed by atoms with Crippen LogP contribution in [0.4, 0.5) is 0 Å². The van der Waals surface area contributed by atoms with Crippen molar-refractivity contribution in [3.63, 3.8) is 0 Å². The van der Waals surface area contributed by atoms with Crippen LogP contribution in [-0.2, 0) is 5.41 Å². The molecular formula is C36H27N3O. The van der Waals surface area contributed by atoms with Crippen molar-refractivity contribution in [3.8, 4) is 56.7 Å². The maximum absolute atomic E-state index is 6.36. The Morgan fingerprint density at radius 1 is 0.500 bits per heavy atom. The Labute approximate surface area is 234 Å². The lowest BCUT2D eigenvalue weighted by atomic mass is 9.75. The predicted molar refractivity (Wildman–Crippen MR) is 160 cm³/mol. The number of rotatable bonds is 4. The molecule has 6 aromatic rings. The van der Waals surface area contributed by atoms with Crippen LogP contribution in [0, 0.1) is 0 Å². The SMILES string of the molecule is CC1(C)c2ccccc2Oc2cc(-c3ccc(-c4cc(-c5ccccn5)nc(-c5ccccc5)n4)cc3)ccc21. The fourth-order valence-corrected chi connectivity index (χ4v) is 5.43. The van der Waals surface area contributed by atoms with Gasteiger partial charge < -0.3 is 4.74 Å². The van der Waals surface area contributed by atoms with E-state index in [0.29, 0.717) is 5.82 Å². The van der Waals surface area contributed by atoms with E-state index in [1.165, 1.54) is 11.1 Å². The molecular weight excluding hydrogens is 490 g/mol. The first-order valence-electron chi connectivity index (χ1n) is 13.4. The Morgan fingerprint density at radius 2 is 1.18 bits per heavy atom. The van der Waals surface area contributed by atoms with Crippen molar-refractivity contribution >= 4 is 0 Å². The van der Waals surface area contributed by atoms with Crippen LogP contribution in [-0.4, -0.2) is 15.0 Å². The van der Waals surface area contributed by atoms with E-state index in [9.17, 15) is 0 Å². The first-order chi connectivity index (χ1) is 19.6. The normalized spacial score (nSPS) is 13.2. The van der Waals surface area contributed by atoms with Crippen molar-refractivity contribution in [2.45, 2.75) is 19.3 Å². The molecule has 0 bridgehead atoms.